The van der Waals surface area contributed by atoms with Gasteiger partial charge in [-0.2, -0.15) is 13.2 Å². The van der Waals surface area contributed by atoms with E-state index < -0.39 is 17.7 Å². The molecule has 6 nitrogen and oxygen atoms in total. The van der Waals surface area contributed by atoms with Gasteiger partial charge in [0.1, 0.15) is 5.75 Å². The van der Waals surface area contributed by atoms with Crippen molar-refractivity contribution in [2.75, 3.05) is 13.7 Å². The Morgan fingerprint density at radius 2 is 1.81 bits per heavy atom. The first kappa shape index (κ1) is 23.6. The number of aliphatic hydroxyl groups is 1. The SMILES string of the molecule is CCCCn1c(=O)c2ccc(OCC(=O)OC)cc2c2cc(C(C)(O)C(F)(F)F)ccc21. The third kappa shape index (κ3) is 4.29. The Labute approximate surface area is 182 Å². The Bertz CT molecular complexity index is 1210. The van der Waals surface area contributed by atoms with E-state index in [1.165, 1.54) is 48.1 Å². The van der Waals surface area contributed by atoms with Crippen LogP contribution in [0.4, 0.5) is 13.2 Å². The van der Waals surface area contributed by atoms with Gasteiger partial charge in [-0.25, -0.2) is 4.79 Å². The van der Waals surface area contributed by atoms with Crippen LogP contribution in [0.5, 0.6) is 5.75 Å². The van der Waals surface area contributed by atoms with Crippen LogP contribution in [-0.4, -0.2) is 35.5 Å². The summed E-state index contributed by atoms with van der Waals surface area (Å²) in [5.41, 5.74) is -3.25. The number of esters is 1. The van der Waals surface area contributed by atoms with Gasteiger partial charge in [-0.05, 0) is 49.2 Å². The highest BCUT2D eigenvalue weighted by Crippen LogP contribution is 2.40. The van der Waals surface area contributed by atoms with Gasteiger partial charge >= 0.3 is 12.1 Å². The summed E-state index contributed by atoms with van der Waals surface area (Å²) >= 11 is 0. The van der Waals surface area contributed by atoms with Crippen LogP contribution in [0.15, 0.2) is 41.2 Å². The summed E-state index contributed by atoms with van der Waals surface area (Å²) in [5.74, 6) is -0.351. The lowest BCUT2D eigenvalue weighted by Crippen LogP contribution is -2.39. The molecule has 172 valence electrons. The number of hydrogen-bond acceptors (Lipinski definition) is 5. The average Bonchev–Trinajstić information content (AvgIpc) is 2.76. The van der Waals surface area contributed by atoms with Gasteiger partial charge in [-0.15, -0.1) is 0 Å². The molecule has 3 rings (SSSR count). The Hall–Kier alpha value is -3.07. The van der Waals surface area contributed by atoms with Crippen LogP contribution in [0.2, 0.25) is 0 Å². The van der Waals surface area contributed by atoms with Crippen LogP contribution in [0, 0.1) is 0 Å². The number of aryl methyl sites for hydroxylation is 1. The first-order valence-electron chi connectivity index (χ1n) is 10.1. The molecule has 1 unspecified atom stereocenters. The third-order valence-corrected chi connectivity index (χ3v) is 5.48. The molecule has 1 aromatic heterocycles. The molecular formula is C23H24F3NO5. The Morgan fingerprint density at radius 1 is 1.09 bits per heavy atom. The van der Waals surface area contributed by atoms with Crippen molar-refractivity contribution in [1.82, 2.24) is 4.57 Å². The van der Waals surface area contributed by atoms with E-state index in [2.05, 4.69) is 4.74 Å². The van der Waals surface area contributed by atoms with E-state index >= 15 is 0 Å². The van der Waals surface area contributed by atoms with Gasteiger partial charge in [0.2, 0.25) is 0 Å². The molecule has 3 aromatic rings. The van der Waals surface area contributed by atoms with Crippen molar-refractivity contribution in [2.24, 2.45) is 0 Å². The summed E-state index contributed by atoms with van der Waals surface area (Å²) in [6.45, 7) is 2.70. The van der Waals surface area contributed by atoms with Gasteiger partial charge in [0.15, 0.2) is 12.2 Å². The van der Waals surface area contributed by atoms with Crippen molar-refractivity contribution in [3.8, 4) is 5.75 Å². The minimum Gasteiger partial charge on any atom is -0.482 e. The second-order valence-electron chi connectivity index (χ2n) is 7.68. The Kier molecular flexibility index (Phi) is 6.50. The average molecular weight is 451 g/mol. The van der Waals surface area contributed by atoms with Crippen LogP contribution < -0.4 is 10.3 Å². The molecule has 0 aliphatic heterocycles. The lowest BCUT2D eigenvalue weighted by molar-refractivity contribution is -0.258. The van der Waals surface area contributed by atoms with Crippen molar-refractivity contribution in [3.05, 3.63) is 52.3 Å². The second kappa shape index (κ2) is 8.82. The van der Waals surface area contributed by atoms with Crippen molar-refractivity contribution in [1.29, 1.82) is 0 Å². The number of halogens is 3. The number of methoxy groups -OCH3 is 1. The zero-order valence-electron chi connectivity index (χ0n) is 18.0. The van der Waals surface area contributed by atoms with Gasteiger partial charge in [-0.1, -0.05) is 19.4 Å². The number of carbonyl (C=O) groups is 1. The molecule has 1 N–H and O–H groups in total. The molecule has 1 atom stereocenters. The van der Waals surface area contributed by atoms with E-state index in [1.54, 1.807) is 0 Å². The van der Waals surface area contributed by atoms with E-state index in [4.69, 9.17) is 4.74 Å². The fourth-order valence-electron chi connectivity index (χ4n) is 3.47. The van der Waals surface area contributed by atoms with E-state index in [0.717, 1.165) is 6.42 Å². The van der Waals surface area contributed by atoms with Gasteiger partial charge < -0.3 is 19.1 Å². The maximum Gasteiger partial charge on any atom is 0.421 e. The number of rotatable bonds is 7. The molecule has 2 aromatic carbocycles. The van der Waals surface area contributed by atoms with E-state index in [9.17, 15) is 27.9 Å². The summed E-state index contributed by atoms with van der Waals surface area (Å²) in [5, 5.41) is 11.2. The molecule has 32 heavy (non-hydrogen) atoms. The highest BCUT2D eigenvalue weighted by atomic mass is 19.4. The van der Waals surface area contributed by atoms with Crippen molar-refractivity contribution in [2.45, 2.75) is 45.0 Å². The van der Waals surface area contributed by atoms with Crippen LogP contribution in [0.25, 0.3) is 21.7 Å². The smallest absolute Gasteiger partial charge is 0.421 e. The topological polar surface area (TPSA) is 77.8 Å². The maximum atomic E-state index is 13.4. The fraction of sp³-hybridized carbons (Fsp3) is 0.391. The molecule has 0 amide bonds. The molecule has 0 saturated carbocycles. The summed E-state index contributed by atoms with van der Waals surface area (Å²) in [6, 6.07) is 8.37. The van der Waals surface area contributed by atoms with Gasteiger partial charge in [0, 0.05) is 22.7 Å². The molecule has 0 bridgehead atoms. The molecule has 0 saturated heterocycles. The molecule has 9 heteroatoms. The fourth-order valence-corrected chi connectivity index (χ4v) is 3.47. The molecule has 0 aliphatic carbocycles. The van der Waals surface area contributed by atoms with Crippen molar-refractivity contribution < 1.29 is 32.5 Å². The van der Waals surface area contributed by atoms with Gasteiger partial charge in [0.25, 0.3) is 5.56 Å². The van der Waals surface area contributed by atoms with Crippen molar-refractivity contribution in [3.63, 3.8) is 0 Å². The standard InChI is InChI=1S/C23H24F3NO5/c1-4-5-10-27-19-9-6-14(22(2,30)23(24,25)26)11-18(19)17-12-15(32-13-20(28)31-3)7-8-16(17)21(27)29/h6-9,11-12,30H,4-5,10,13H2,1-3H3. The Balaban J connectivity index is 2.29. The Morgan fingerprint density at radius 3 is 2.44 bits per heavy atom. The highest BCUT2D eigenvalue weighted by molar-refractivity contribution is 6.06. The normalized spacial score (nSPS) is 13.8. The van der Waals surface area contributed by atoms with Crippen LogP contribution in [0.3, 0.4) is 0 Å². The highest BCUT2D eigenvalue weighted by Gasteiger charge is 2.51. The largest absolute Gasteiger partial charge is 0.482 e. The maximum absolute atomic E-state index is 13.4. The monoisotopic (exact) mass is 451 g/mol. The number of nitrogens with zero attached hydrogens (tertiary/aromatic N) is 1. The van der Waals surface area contributed by atoms with Crippen LogP contribution in [-0.2, 0) is 21.7 Å². The third-order valence-electron chi connectivity index (χ3n) is 5.48. The molecule has 0 fully saturated rings. The van der Waals surface area contributed by atoms with Gasteiger partial charge in [0.05, 0.1) is 12.6 Å². The first-order chi connectivity index (χ1) is 15.0. The summed E-state index contributed by atoms with van der Waals surface area (Å²) in [6.07, 6.45) is -3.35. The molecule has 1 heterocycles. The van der Waals surface area contributed by atoms with Crippen molar-refractivity contribution >= 4 is 27.6 Å². The summed E-state index contributed by atoms with van der Waals surface area (Å²) < 4.78 is 51.8. The predicted molar refractivity (Wildman–Crippen MR) is 114 cm³/mol. The number of hydrogen-bond donors (Lipinski definition) is 1. The zero-order chi connectivity index (χ0) is 23.7. The minimum absolute atomic E-state index is 0.253. The van der Waals surface area contributed by atoms with E-state index in [0.29, 0.717) is 41.6 Å². The van der Waals surface area contributed by atoms with Crippen LogP contribution >= 0.6 is 0 Å². The lowest BCUT2D eigenvalue weighted by atomic mass is 9.92. The number of aromatic nitrogens is 1. The lowest BCUT2D eigenvalue weighted by Gasteiger charge is -2.27. The van der Waals surface area contributed by atoms with E-state index in [1.807, 2.05) is 6.92 Å². The molecule has 0 spiro atoms. The number of ether oxygens (including phenoxy) is 2. The van der Waals surface area contributed by atoms with E-state index in [-0.39, 0.29) is 23.5 Å². The number of alkyl halides is 3. The molecule has 0 aliphatic rings. The molecule has 0 radical (unpaired) electrons. The first-order valence-corrected chi connectivity index (χ1v) is 10.1. The number of fused-ring (bicyclic) bond motifs is 3. The number of benzene rings is 2. The zero-order valence-corrected chi connectivity index (χ0v) is 18.0. The summed E-state index contributed by atoms with van der Waals surface area (Å²) in [7, 11) is 1.21. The quantitative estimate of drug-likeness (QED) is 0.429. The second-order valence-corrected chi connectivity index (χ2v) is 7.68. The predicted octanol–water partition coefficient (Wildman–Crippen LogP) is 4.28. The number of unbranched alkanes of at least 4 members (excludes halogenated alkanes) is 1. The summed E-state index contributed by atoms with van der Waals surface area (Å²) in [4.78, 5) is 24.5. The number of carbonyl (C=O) groups excluding carboxylic acids is 1. The minimum atomic E-state index is -4.89. The van der Waals surface area contributed by atoms with Gasteiger partial charge in [-0.3, -0.25) is 4.79 Å². The number of pyridine rings is 1. The molecular weight excluding hydrogens is 427 g/mol. The van der Waals surface area contributed by atoms with Crippen LogP contribution in [0.1, 0.15) is 32.3 Å².